The molecule has 0 spiro atoms. The molecular weight excluding hydrogens is 394 g/mol. The summed E-state index contributed by atoms with van der Waals surface area (Å²) in [5.41, 5.74) is 1.05. The first-order chi connectivity index (χ1) is 14.4. The number of alkyl carbamates (subject to hydrolysis) is 1. The molecule has 0 saturated carbocycles. The van der Waals surface area contributed by atoms with E-state index in [1.807, 2.05) is 45.0 Å². The van der Waals surface area contributed by atoms with Crippen LogP contribution in [0.15, 0.2) is 24.3 Å². The van der Waals surface area contributed by atoms with Crippen LogP contribution in [0.2, 0.25) is 0 Å². The quantitative estimate of drug-likeness (QED) is 0.577. The molecule has 0 heterocycles. The van der Waals surface area contributed by atoms with Crippen LogP contribution < -0.4 is 10.6 Å². The van der Waals surface area contributed by atoms with Crippen LogP contribution >= 0.6 is 0 Å². The number of hydrogen-bond donors (Lipinski definition) is 2. The molecule has 2 atom stereocenters. The minimum atomic E-state index is -0.824. The molecule has 7 nitrogen and oxygen atoms in total. The van der Waals surface area contributed by atoms with Crippen LogP contribution in [0.4, 0.5) is 4.79 Å². The third-order valence-corrected chi connectivity index (χ3v) is 4.78. The summed E-state index contributed by atoms with van der Waals surface area (Å²) in [6.45, 7) is 13.5. The minimum Gasteiger partial charge on any atom is -0.444 e. The first-order valence-corrected chi connectivity index (χ1v) is 11.0. The van der Waals surface area contributed by atoms with Gasteiger partial charge in [-0.15, -0.1) is 0 Å². The van der Waals surface area contributed by atoms with E-state index in [1.54, 1.807) is 27.8 Å². The predicted molar refractivity (Wildman–Crippen MR) is 123 cm³/mol. The fourth-order valence-electron chi connectivity index (χ4n) is 3.17. The summed E-state index contributed by atoms with van der Waals surface area (Å²) in [6, 6.07) is 5.93. The third kappa shape index (κ3) is 8.59. The lowest BCUT2D eigenvalue weighted by Gasteiger charge is -2.33. The van der Waals surface area contributed by atoms with Gasteiger partial charge in [0, 0.05) is 13.6 Å². The molecule has 7 heteroatoms. The van der Waals surface area contributed by atoms with Crippen molar-refractivity contribution in [1.29, 1.82) is 0 Å². The number of aryl methyl sites for hydroxylation is 1. The second-order valence-electron chi connectivity index (χ2n) is 9.28. The van der Waals surface area contributed by atoms with E-state index in [0.29, 0.717) is 6.54 Å². The van der Waals surface area contributed by atoms with Crippen molar-refractivity contribution >= 4 is 17.9 Å². The number of benzene rings is 1. The van der Waals surface area contributed by atoms with Crippen LogP contribution in [0.1, 0.15) is 71.6 Å². The van der Waals surface area contributed by atoms with Crippen LogP contribution in [0.3, 0.4) is 0 Å². The molecule has 0 aromatic heterocycles. The number of carbonyl (C=O) groups excluding carboxylic acids is 3. The van der Waals surface area contributed by atoms with Gasteiger partial charge in [0.15, 0.2) is 0 Å². The minimum absolute atomic E-state index is 0.191. The number of rotatable bonds is 9. The topological polar surface area (TPSA) is 87.7 Å². The van der Waals surface area contributed by atoms with E-state index in [2.05, 4.69) is 17.6 Å². The van der Waals surface area contributed by atoms with Crippen LogP contribution in [0.5, 0.6) is 0 Å². The van der Waals surface area contributed by atoms with E-state index in [1.165, 1.54) is 4.90 Å². The Hall–Kier alpha value is -2.57. The Morgan fingerprint density at radius 1 is 1.16 bits per heavy atom. The van der Waals surface area contributed by atoms with Gasteiger partial charge >= 0.3 is 6.09 Å². The van der Waals surface area contributed by atoms with Crippen molar-refractivity contribution in [3.8, 4) is 0 Å². The van der Waals surface area contributed by atoms with Crippen molar-refractivity contribution in [2.45, 2.75) is 79.0 Å². The van der Waals surface area contributed by atoms with Gasteiger partial charge in [-0.3, -0.25) is 9.59 Å². The lowest BCUT2D eigenvalue weighted by molar-refractivity contribution is -0.141. The predicted octanol–water partition coefficient (Wildman–Crippen LogP) is 3.96. The highest BCUT2D eigenvalue weighted by Gasteiger charge is 2.35. The van der Waals surface area contributed by atoms with Crippen molar-refractivity contribution in [2.75, 3.05) is 13.6 Å². The first-order valence-electron chi connectivity index (χ1n) is 11.0. The van der Waals surface area contributed by atoms with Crippen molar-refractivity contribution in [3.05, 3.63) is 35.4 Å². The van der Waals surface area contributed by atoms with Crippen LogP contribution in [0.25, 0.3) is 0 Å². The maximum absolute atomic E-state index is 13.4. The Morgan fingerprint density at radius 3 is 2.32 bits per heavy atom. The summed E-state index contributed by atoms with van der Waals surface area (Å²) < 4.78 is 5.32. The van der Waals surface area contributed by atoms with E-state index in [-0.39, 0.29) is 17.7 Å². The molecule has 0 radical (unpaired) electrons. The maximum Gasteiger partial charge on any atom is 0.408 e. The highest BCUT2D eigenvalue weighted by Crippen LogP contribution is 2.23. The molecule has 174 valence electrons. The Morgan fingerprint density at radius 2 is 1.81 bits per heavy atom. The number of hydrogen-bond acceptors (Lipinski definition) is 4. The van der Waals surface area contributed by atoms with Crippen LogP contribution in [0, 0.1) is 12.8 Å². The second kappa shape index (κ2) is 11.7. The van der Waals surface area contributed by atoms with Gasteiger partial charge in [-0.1, -0.05) is 57.0 Å². The standard InChI is InChI=1S/C24H39N3O4/c1-9-10-14-25-21(28)20(18-13-11-12-17(4)15-18)27(8)22(29)19(16(2)3)26-23(30)31-24(5,6)7/h11-13,15-16,19-20H,9-10,14H2,1-8H3,(H,25,28)(H,26,30). The van der Waals surface area contributed by atoms with Crippen molar-refractivity contribution in [2.24, 2.45) is 5.92 Å². The van der Waals surface area contributed by atoms with Gasteiger partial charge in [-0.25, -0.2) is 4.79 Å². The zero-order valence-electron chi connectivity index (χ0n) is 20.2. The van der Waals surface area contributed by atoms with Crippen molar-refractivity contribution in [3.63, 3.8) is 0 Å². The average Bonchev–Trinajstić information content (AvgIpc) is 2.64. The summed E-state index contributed by atoms with van der Waals surface area (Å²) in [6.07, 6.45) is 1.16. The second-order valence-corrected chi connectivity index (χ2v) is 9.28. The normalized spacial score (nSPS) is 13.3. The Bertz CT molecular complexity index is 755. The first kappa shape index (κ1) is 26.5. The molecule has 1 rings (SSSR count). The summed E-state index contributed by atoms with van der Waals surface area (Å²) >= 11 is 0. The lowest BCUT2D eigenvalue weighted by atomic mass is 9.98. The molecule has 0 fully saturated rings. The van der Waals surface area contributed by atoms with E-state index in [4.69, 9.17) is 4.74 Å². The number of nitrogens with zero attached hydrogens (tertiary/aromatic N) is 1. The summed E-state index contributed by atoms with van der Waals surface area (Å²) in [5.74, 6) is -0.781. The molecule has 3 amide bonds. The summed E-state index contributed by atoms with van der Waals surface area (Å²) in [4.78, 5) is 40.2. The summed E-state index contributed by atoms with van der Waals surface area (Å²) in [7, 11) is 1.60. The van der Waals surface area contributed by atoms with Gasteiger partial charge in [0.2, 0.25) is 11.8 Å². The molecule has 0 aliphatic heterocycles. The molecule has 0 aliphatic carbocycles. The number of nitrogens with one attached hydrogen (secondary N) is 2. The van der Waals surface area contributed by atoms with Gasteiger partial charge in [0.1, 0.15) is 17.7 Å². The fraction of sp³-hybridized carbons (Fsp3) is 0.625. The van der Waals surface area contributed by atoms with E-state index < -0.39 is 23.8 Å². The largest absolute Gasteiger partial charge is 0.444 e. The molecule has 2 unspecified atom stereocenters. The molecule has 31 heavy (non-hydrogen) atoms. The maximum atomic E-state index is 13.4. The fourth-order valence-corrected chi connectivity index (χ4v) is 3.17. The molecule has 1 aromatic rings. The Kier molecular flexibility index (Phi) is 10.0. The number of carbonyl (C=O) groups is 3. The number of unbranched alkanes of at least 4 members (excludes halogenated alkanes) is 1. The molecular formula is C24H39N3O4. The molecule has 0 aliphatic rings. The highest BCUT2D eigenvalue weighted by molar-refractivity contribution is 5.92. The smallest absolute Gasteiger partial charge is 0.408 e. The molecule has 0 saturated heterocycles. The monoisotopic (exact) mass is 433 g/mol. The number of likely N-dealkylation sites (N-methyl/N-ethyl adjacent to an activating group) is 1. The third-order valence-electron chi connectivity index (χ3n) is 4.78. The van der Waals surface area contributed by atoms with Crippen LogP contribution in [-0.2, 0) is 14.3 Å². The van der Waals surface area contributed by atoms with E-state index >= 15 is 0 Å². The highest BCUT2D eigenvalue weighted by atomic mass is 16.6. The van der Waals surface area contributed by atoms with Crippen molar-refractivity contribution in [1.82, 2.24) is 15.5 Å². The van der Waals surface area contributed by atoms with Gasteiger partial charge in [-0.05, 0) is 45.6 Å². The summed E-state index contributed by atoms with van der Waals surface area (Å²) in [5, 5.41) is 5.61. The van der Waals surface area contributed by atoms with Gasteiger partial charge in [0.25, 0.3) is 0 Å². The molecule has 0 bridgehead atoms. The zero-order chi connectivity index (χ0) is 23.8. The van der Waals surface area contributed by atoms with Gasteiger partial charge in [0.05, 0.1) is 0 Å². The molecule has 1 aromatic carbocycles. The van der Waals surface area contributed by atoms with Gasteiger partial charge < -0.3 is 20.3 Å². The number of amides is 3. The SMILES string of the molecule is CCCCNC(=O)C(c1cccc(C)c1)N(C)C(=O)C(NC(=O)OC(C)(C)C)C(C)C. The number of ether oxygens (including phenoxy) is 1. The molecule has 2 N–H and O–H groups in total. The average molecular weight is 434 g/mol. The zero-order valence-corrected chi connectivity index (χ0v) is 20.2. The van der Waals surface area contributed by atoms with E-state index in [9.17, 15) is 14.4 Å². The van der Waals surface area contributed by atoms with Crippen molar-refractivity contribution < 1.29 is 19.1 Å². The van der Waals surface area contributed by atoms with E-state index in [0.717, 1.165) is 24.0 Å². The van der Waals surface area contributed by atoms with Gasteiger partial charge in [-0.2, -0.15) is 0 Å². The lowest BCUT2D eigenvalue weighted by Crippen LogP contribution is -2.53. The Balaban J connectivity index is 3.16. The van der Waals surface area contributed by atoms with Crippen LogP contribution in [-0.4, -0.2) is 48.0 Å². The Labute approximate surface area is 186 Å².